The second-order valence-corrected chi connectivity index (χ2v) is 9.78. The van der Waals surface area contributed by atoms with Crippen LogP contribution in [0.1, 0.15) is 37.2 Å². The van der Waals surface area contributed by atoms with Gasteiger partial charge in [-0.3, -0.25) is 9.59 Å². The molecule has 0 aliphatic carbocycles. The number of benzene rings is 1. The third-order valence-electron chi connectivity index (χ3n) is 6.64. The van der Waals surface area contributed by atoms with E-state index in [1.807, 2.05) is 36.9 Å². The lowest BCUT2D eigenvalue weighted by atomic mass is 9.94. The molecule has 2 atom stereocenters. The Morgan fingerprint density at radius 2 is 1.69 bits per heavy atom. The number of rotatable bonds is 4. The zero-order valence-electron chi connectivity index (χ0n) is 19.9. The molecule has 0 N–H and O–H groups in total. The first-order valence-corrected chi connectivity index (χ1v) is 12.4. The van der Waals surface area contributed by atoms with E-state index in [-0.39, 0.29) is 29.9 Å². The number of hydrogen-bond donors (Lipinski definition) is 0. The van der Waals surface area contributed by atoms with Gasteiger partial charge in [0.2, 0.25) is 5.91 Å². The lowest BCUT2D eigenvalue weighted by Crippen LogP contribution is -2.51. The molecule has 5 rings (SSSR count). The molecular weight excluding hydrogens is 468 g/mol. The minimum atomic E-state index is -0.148. The van der Waals surface area contributed by atoms with Gasteiger partial charge in [-0.15, -0.1) is 0 Å². The maximum Gasteiger partial charge on any atom is 0.274 e. The Morgan fingerprint density at radius 3 is 2.31 bits per heavy atom. The van der Waals surface area contributed by atoms with Crippen LogP contribution >= 0.6 is 11.6 Å². The number of hydrogen-bond acceptors (Lipinski definition) is 5. The number of piperidine rings is 1. The van der Waals surface area contributed by atoms with E-state index in [2.05, 4.69) is 5.10 Å². The van der Waals surface area contributed by atoms with E-state index in [1.54, 1.807) is 40.1 Å². The average Bonchev–Trinajstić information content (AvgIpc) is 3.53. The number of carbonyl (C=O) groups excluding carboxylic acids is 2. The highest BCUT2D eigenvalue weighted by atomic mass is 35.5. The molecule has 35 heavy (non-hydrogen) atoms. The van der Waals surface area contributed by atoms with Crippen LogP contribution in [0.15, 0.2) is 53.1 Å². The van der Waals surface area contributed by atoms with E-state index in [4.69, 9.17) is 20.8 Å². The van der Waals surface area contributed by atoms with Gasteiger partial charge in [-0.1, -0.05) is 11.6 Å². The van der Waals surface area contributed by atoms with Crippen LogP contribution in [0.3, 0.4) is 0 Å². The van der Waals surface area contributed by atoms with Crippen LogP contribution in [-0.2, 0) is 9.53 Å². The van der Waals surface area contributed by atoms with Gasteiger partial charge < -0.3 is 19.0 Å². The molecular formula is C26H29ClN4O4. The first kappa shape index (κ1) is 23.6. The fourth-order valence-corrected chi connectivity index (χ4v) is 5.10. The molecule has 0 bridgehead atoms. The number of ether oxygens (including phenoxy) is 1. The van der Waals surface area contributed by atoms with E-state index in [1.165, 1.54) is 0 Å². The fourth-order valence-electron chi connectivity index (χ4n) is 4.97. The first-order valence-electron chi connectivity index (χ1n) is 12.0. The largest absolute Gasteiger partial charge is 0.463 e. The smallest absolute Gasteiger partial charge is 0.274 e. The molecule has 2 amide bonds. The number of furan rings is 1. The highest BCUT2D eigenvalue weighted by Crippen LogP contribution is 2.28. The Bertz CT molecular complexity index is 1170. The zero-order chi connectivity index (χ0) is 24.5. The third-order valence-corrected chi connectivity index (χ3v) is 6.89. The van der Waals surface area contributed by atoms with Crippen molar-refractivity contribution < 1.29 is 18.7 Å². The summed E-state index contributed by atoms with van der Waals surface area (Å²) >= 11 is 6.05. The maximum atomic E-state index is 13.4. The number of halogens is 1. The van der Waals surface area contributed by atoms with Crippen molar-refractivity contribution in [2.45, 2.75) is 38.9 Å². The van der Waals surface area contributed by atoms with Crippen molar-refractivity contribution in [2.75, 3.05) is 26.2 Å². The fraction of sp³-hybridized carbons (Fsp3) is 0.423. The van der Waals surface area contributed by atoms with Gasteiger partial charge >= 0.3 is 0 Å². The first-order chi connectivity index (χ1) is 16.9. The lowest BCUT2D eigenvalue weighted by molar-refractivity contribution is -0.148. The predicted molar refractivity (Wildman–Crippen MR) is 131 cm³/mol. The molecule has 2 aromatic heterocycles. The topological polar surface area (TPSA) is 80.8 Å². The van der Waals surface area contributed by atoms with Crippen molar-refractivity contribution >= 4 is 23.4 Å². The molecule has 0 radical (unpaired) electrons. The molecule has 2 fully saturated rings. The van der Waals surface area contributed by atoms with Crippen LogP contribution in [-0.4, -0.2) is 69.8 Å². The highest BCUT2D eigenvalue weighted by Gasteiger charge is 2.34. The Kier molecular flexibility index (Phi) is 6.67. The summed E-state index contributed by atoms with van der Waals surface area (Å²) in [5.74, 6) is 0.572. The van der Waals surface area contributed by atoms with Crippen molar-refractivity contribution in [2.24, 2.45) is 5.92 Å². The summed E-state index contributed by atoms with van der Waals surface area (Å²) < 4.78 is 13.0. The van der Waals surface area contributed by atoms with Crippen LogP contribution in [0, 0.1) is 5.92 Å². The van der Waals surface area contributed by atoms with E-state index >= 15 is 0 Å². The summed E-state index contributed by atoms with van der Waals surface area (Å²) in [7, 11) is 0. The van der Waals surface area contributed by atoms with Crippen molar-refractivity contribution in [1.82, 2.24) is 19.6 Å². The monoisotopic (exact) mass is 496 g/mol. The van der Waals surface area contributed by atoms with Gasteiger partial charge in [-0.05, 0) is 63.1 Å². The molecule has 3 aromatic rings. The van der Waals surface area contributed by atoms with E-state index in [0.717, 1.165) is 5.69 Å². The lowest BCUT2D eigenvalue weighted by Gasteiger charge is -2.39. The Labute approximate surface area is 209 Å². The van der Waals surface area contributed by atoms with Gasteiger partial charge in [0, 0.05) is 43.2 Å². The number of morpholine rings is 1. The Morgan fingerprint density at radius 1 is 1.00 bits per heavy atom. The molecule has 4 heterocycles. The second kappa shape index (κ2) is 9.87. The summed E-state index contributed by atoms with van der Waals surface area (Å²) in [6.07, 6.45) is 2.97. The molecule has 1 aromatic carbocycles. The average molecular weight is 497 g/mol. The number of carbonyl (C=O) groups is 2. The number of nitrogens with zero attached hydrogens (tertiary/aromatic N) is 4. The minimum absolute atomic E-state index is 0.0449. The van der Waals surface area contributed by atoms with Crippen LogP contribution in [0.25, 0.3) is 17.1 Å². The number of likely N-dealkylation sites (tertiary alicyclic amines) is 1. The summed E-state index contributed by atoms with van der Waals surface area (Å²) in [4.78, 5) is 30.2. The predicted octanol–water partition coefficient (Wildman–Crippen LogP) is 4.27. The van der Waals surface area contributed by atoms with E-state index < -0.39 is 0 Å². The quantitative estimate of drug-likeness (QED) is 0.538. The Balaban J connectivity index is 1.30. The minimum Gasteiger partial charge on any atom is -0.463 e. The van der Waals surface area contributed by atoms with Crippen molar-refractivity contribution in [3.63, 3.8) is 0 Å². The molecule has 9 heteroatoms. The molecule has 2 unspecified atom stereocenters. The highest BCUT2D eigenvalue weighted by molar-refractivity contribution is 6.30. The standard InChI is InChI=1S/C26H29ClN4O4/c1-17-15-30(16-18(2)35-17)25(32)19-9-11-29(12-10-19)26(33)22-14-23(24-4-3-13-34-24)31(28-22)21-7-5-20(27)6-8-21/h3-8,13-14,17-19H,9-12,15-16H2,1-2H3. The number of aromatic nitrogens is 2. The molecule has 184 valence electrons. The third kappa shape index (κ3) is 4.99. The molecule has 0 spiro atoms. The summed E-state index contributed by atoms with van der Waals surface area (Å²) in [5.41, 5.74) is 1.80. The van der Waals surface area contributed by atoms with Gasteiger partial charge in [0.1, 0.15) is 5.69 Å². The molecule has 2 aliphatic heterocycles. The van der Waals surface area contributed by atoms with E-state index in [9.17, 15) is 9.59 Å². The van der Waals surface area contributed by atoms with Crippen molar-refractivity contribution in [3.8, 4) is 17.1 Å². The van der Waals surface area contributed by atoms with Gasteiger partial charge in [0.25, 0.3) is 5.91 Å². The van der Waals surface area contributed by atoms with Crippen LogP contribution < -0.4 is 0 Å². The molecule has 2 saturated heterocycles. The summed E-state index contributed by atoms with van der Waals surface area (Å²) in [6, 6.07) is 12.6. The molecule has 0 saturated carbocycles. The van der Waals surface area contributed by atoms with Crippen LogP contribution in [0.5, 0.6) is 0 Å². The van der Waals surface area contributed by atoms with Gasteiger partial charge in [0.05, 0.1) is 24.2 Å². The van der Waals surface area contributed by atoms with Crippen LogP contribution in [0.2, 0.25) is 5.02 Å². The summed E-state index contributed by atoms with van der Waals surface area (Å²) in [5, 5.41) is 5.24. The van der Waals surface area contributed by atoms with Crippen molar-refractivity contribution in [1.29, 1.82) is 0 Å². The molecule has 2 aliphatic rings. The van der Waals surface area contributed by atoms with Gasteiger partial charge in [-0.25, -0.2) is 4.68 Å². The second-order valence-electron chi connectivity index (χ2n) is 9.35. The normalized spacial score (nSPS) is 21.3. The van der Waals surface area contributed by atoms with Crippen LogP contribution in [0.4, 0.5) is 0 Å². The van der Waals surface area contributed by atoms with Crippen molar-refractivity contribution in [3.05, 3.63) is 59.4 Å². The number of amides is 2. The van der Waals surface area contributed by atoms with Gasteiger partial charge in [-0.2, -0.15) is 5.10 Å². The Hall–Kier alpha value is -3.10. The SMILES string of the molecule is CC1CN(C(=O)C2CCN(C(=O)c3cc(-c4ccco4)n(-c4ccc(Cl)cc4)n3)CC2)CC(C)O1. The summed E-state index contributed by atoms with van der Waals surface area (Å²) in [6.45, 7) is 6.29. The maximum absolute atomic E-state index is 13.4. The zero-order valence-corrected chi connectivity index (χ0v) is 20.6. The van der Waals surface area contributed by atoms with E-state index in [0.29, 0.717) is 61.2 Å². The van der Waals surface area contributed by atoms with Gasteiger partial charge in [0.15, 0.2) is 11.5 Å². The molecule has 8 nitrogen and oxygen atoms in total.